The van der Waals surface area contributed by atoms with Crippen LogP contribution in [0.1, 0.15) is 24.4 Å². The van der Waals surface area contributed by atoms with Gasteiger partial charge in [0.25, 0.3) is 0 Å². The highest BCUT2D eigenvalue weighted by atomic mass is 15.2. The molecule has 3 rings (SSSR count). The molecule has 0 spiro atoms. The normalized spacial score (nSPS) is 12.3. The second-order valence-electron chi connectivity index (χ2n) is 6.40. The molecule has 1 aromatic heterocycles. The first-order valence-electron chi connectivity index (χ1n) is 8.62. The zero-order valence-electron chi connectivity index (χ0n) is 15.6. The third-order valence-corrected chi connectivity index (χ3v) is 4.12. The largest absolute Gasteiger partial charge is 0.378 e. The number of anilines is 1. The van der Waals surface area contributed by atoms with E-state index < -0.39 is 0 Å². The van der Waals surface area contributed by atoms with Crippen LogP contribution < -0.4 is 4.90 Å². The van der Waals surface area contributed by atoms with Crippen molar-refractivity contribution in [3.8, 4) is 11.3 Å². The van der Waals surface area contributed by atoms with Crippen molar-refractivity contribution in [2.24, 2.45) is 10.2 Å². The summed E-state index contributed by atoms with van der Waals surface area (Å²) < 4.78 is 0. The number of rotatable bonds is 5. The molecule has 0 fully saturated rings. The highest BCUT2D eigenvalue weighted by molar-refractivity contribution is 5.61. The molecule has 3 aromatic rings. The summed E-state index contributed by atoms with van der Waals surface area (Å²) in [5, 5.41) is 8.79. The molecular formula is C21H23N5. The maximum atomic E-state index is 4.50. The molecule has 1 atom stereocenters. The van der Waals surface area contributed by atoms with E-state index in [4.69, 9.17) is 0 Å². The third kappa shape index (κ3) is 4.30. The Morgan fingerprint density at radius 1 is 0.923 bits per heavy atom. The number of aryl methyl sites for hydroxylation is 1. The van der Waals surface area contributed by atoms with Crippen molar-refractivity contribution in [2.45, 2.75) is 19.9 Å². The Morgan fingerprint density at radius 3 is 2.27 bits per heavy atom. The maximum Gasteiger partial charge on any atom is 0.177 e. The molecule has 2 aromatic carbocycles. The highest BCUT2D eigenvalue weighted by Gasteiger charge is 2.07. The monoisotopic (exact) mass is 345 g/mol. The van der Waals surface area contributed by atoms with Crippen LogP contribution in [-0.4, -0.2) is 24.1 Å². The Morgan fingerprint density at radius 2 is 1.62 bits per heavy atom. The molecular weight excluding hydrogens is 322 g/mol. The summed E-state index contributed by atoms with van der Waals surface area (Å²) in [4.78, 5) is 11.0. The lowest BCUT2D eigenvalue weighted by Crippen LogP contribution is -2.08. The van der Waals surface area contributed by atoms with Gasteiger partial charge in [-0.05, 0) is 31.5 Å². The molecule has 5 nitrogen and oxygen atoms in total. The topological polar surface area (TPSA) is 53.7 Å². The van der Waals surface area contributed by atoms with Gasteiger partial charge in [0.15, 0.2) is 5.82 Å². The van der Waals surface area contributed by atoms with E-state index in [1.807, 2.05) is 64.3 Å². The first kappa shape index (κ1) is 17.7. The molecule has 132 valence electrons. The molecule has 0 radical (unpaired) electrons. The summed E-state index contributed by atoms with van der Waals surface area (Å²) >= 11 is 0. The van der Waals surface area contributed by atoms with Crippen molar-refractivity contribution in [3.05, 3.63) is 72.1 Å². The summed E-state index contributed by atoms with van der Waals surface area (Å²) in [6.45, 7) is 3.90. The Bertz CT molecular complexity index is 886. The first-order chi connectivity index (χ1) is 12.5. The summed E-state index contributed by atoms with van der Waals surface area (Å²) in [5.74, 6) is 1.26. The number of hydrogen-bond acceptors (Lipinski definition) is 5. The molecule has 0 bridgehead atoms. The summed E-state index contributed by atoms with van der Waals surface area (Å²) in [6.07, 6.45) is 0. The van der Waals surface area contributed by atoms with Crippen LogP contribution in [0.5, 0.6) is 0 Å². The zero-order valence-corrected chi connectivity index (χ0v) is 15.6. The lowest BCUT2D eigenvalue weighted by atomic mass is 10.1. The Hall–Kier alpha value is -3.08. The van der Waals surface area contributed by atoms with Gasteiger partial charge >= 0.3 is 0 Å². The van der Waals surface area contributed by atoms with Crippen molar-refractivity contribution in [1.29, 1.82) is 0 Å². The molecule has 0 saturated heterocycles. The minimum absolute atomic E-state index is 0.0401. The molecule has 0 aliphatic heterocycles. The Kier molecular flexibility index (Phi) is 5.37. The predicted octanol–water partition coefficient (Wildman–Crippen LogP) is 5.36. The average Bonchev–Trinajstić information content (AvgIpc) is 2.66. The summed E-state index contributed by atoms with van der Waals surface area (Å²) in [7, 11) is 4.06. The predicted molar refractivity (Wildman–Crippen MR) is 106 cm³/mol. The van der Waals surface area contributed by atoms with Crippen LogP contribution in [0, 0.1) is 6.92 Å². The number of hydrogen-bond donors (Lipinski definition) is 0. The van der Waals surface area contributed by atoms with Crippen LogP contribution in [-0.2, 0) is 0 Å². The van der Waals surface area contributed by atoms with Crippen molar-refractivity contribution in [1.82, 2.24) is 9.97 Å². The molecule has 1 unspecified atom stereocenters. The number of nitrogens with zero attached hydrogens (tertiary/aromatic N) is 5. The smallest absolute Gasteiger partial charge is 0.177 e. The number of benzene rings is 2. The standard InChI is InChI=1S/C21H23N5/c1-15(17-10-12-19(13-11-17)26(3)4)24-25-21-14-20(22-16(2)23-21)18-8-6-5-7-9-18/h5-15H,1-4H3. The summed E-state index contributed by atoms with van der Waals surface area (Å²) in [6, 6.07) is 20.2. The van der Waals surface area contributed by atoms with Crippen LogP contribution in [0.15, 0.2) is 70.9 Å². The van der Waals surface area contributed by atoms with Gasteiger partial charge in [0, 0.05) is 31.4 Å². The van der Waals surface area contributed by atoms with Gasteiger partial charge in [0.2, 0.25) is 0 Å². The molecule has 0 amide bonds. The van der Waals surface area contributed by atoms with Crippen LogP contribution in [0.4, 0.5) is 11.5 Å². The van der Waals surface area contributed by atoms with Gasteiger partial charge in [0.1, 0.15) is 5.82 Å². The molecule has 0 N–H and O–H groups in total. The van der Waals surface area contributed by atoms with Crippen molar-refractivity contribution < 1.29 is 0 Å². The van der Waals surface area contributed by atoms with Crippen molar-refractivity contribution in [3.63, 3.8) is 0 Å². The SMILES string of the molecule is Cc1nc(N=NC(C)c2ccc(N(C)C)cc2)cc(-c2ccccc2)n1. The first-order valence-corrected chi connectivity index (χ1v) is 8.62. The van der Waals surface area contributed by atoms with E-state index in [9.17, 15) is 0 Å². The highest BCUT2D eigenvalue weighted by Crippen LogP contribution is 2.24. The second-order valence-corrected chi connectivity index (χ2v) is 6.40. The average molecular weight is 345 g/mol. The lowest BCUT2D eigenvalue weighted by Gasteiger charge is -2.13. The molecule has 1 heterocycles. The van der Waals surface area contributed by atoms with Gasteiger partial charge in [-0.2, -0.15) is 5.11 Å². The fraction of sp³-hybridized carbons (Fsp3) is 0.238. The van der Waals surface area contributed by atoms with Gasteiger partial charge in [0.05, 0.1) is 11.7 Å². The molecule has 26 heavy (non-hydrogen) atoms. The van der Waals surface area contributed by atoms with E-state index >= 15 is 0 Å². The molecule has 0 aliphatic carbocycles. The van der Waals surface area contributed by atoms with Crippen LogP contribution in [0.2, 0.25) is 0 Å². The quantitative estimate of drug-likeness (QED) is 0.585. The Balaban J connectivity index is 1.80. The second kappa shape index (κ2) is 7.87. The summed E-state index contributed by atoms with van der Waals surface area (Å²) in [5.41, 5.74) is 4.18. The van der Waals surface area contributed by atoms with E-state index in [1.54, 1.807) is 0 Å². The fourth-order valence-electron chi connectivity index (χ4n) is 2.62. The van der Waals surface area contributed by atoms with Gasteiger partial charge in [-0.15, -0.1) is 5.11 Å². The minimum Gasteiger partial charge on any atom is -0.378 e. The van der Waals surface area contributed by atoms with Crippen LogP contribution in [0.3, 0.4) is 0 Å². The Labute approximate surface area is 154 Å². The number of azo groups is 1. The van der Waals surface area contributed by atoms with Crippen LogP contribution in [0.25, 0.3) is 11.3 Å². The minimum atomic E-state index is -0.0401. The maximum absolute atomic E-state index is 4.50. The number of aromatic nitrogens is 2. The van der Waals surface area contributed by atoms with Gasteiger partial charge in [-0.25, -0.2) is 9.97 Å². The van der Waals surface area contributed by atoms with E-state index in [0.29, 0.717) is 11.6 Å². The van der Waals surface area contributed by atoms with Crippen molar-refractivity contribution in [2.75, 3.05) is 19.0 Å². The molecule has 0 aliphatic rings. The fourth-order valence-corrected chi connectivity index (χ4v) is 2.62. The van der Waals surface area contributed by atoms with E-state index in [0.717, 1.165) is 22.5 Å². The van der Waals surface area contributed by atoms with Gasteiger partial charge < -0.3 is 4.90 Å². The van der Waals surface area contributed by atoms with Crippen molar-refractivity contribution >= 4 is 11.5 Å². The van der Waals surface area contributed by atoms with Gasteiger partial charge in [-0.3, -0.25) is 0 Å². The lowest BCUT2D eigenvalue weighted by molar-refractivity contribution is 0.759. The zero-order chi connectivity index (χ0) is 18.5. The van der Waals surface area contributed by atoms with E-state index in [2.05, 4.69) is 49.4 Å². The van der Waals surface area contributed by atoms with E-state index in [-0.39, 0.29) is 6.04 Å². The molecule has 0 saturated carbocycles. The van der Waals surface area contributed by atoms with E-state index in [1.165, 1.54) is 0 Å². The molecule has 5 heteroatoms. The third-order valence-electron chi connectivity index (χ3n) is 4.12. The van der Waals surface area contributed by atoms with Gasteiger partial charge in [-0.1, -0.05) is 42.5 Å². The van der Waals surface area contributed by atoms with Crippen LogP contribution >= 0.6 is 0 Å².